The van der Waals surface area contributed by atoms with Crippen LogP contribution in [-0.4, -0.2) is 11.2 Å². The first-order chi connectivity index (χ1) is 6.56. The topological polar surface area (TPSA) is 44.0 Å². The summed E-state index contributed by atoms with van der Waals surface area (Å²) in [7, 11) is 0. The Morgan fingerprint density at radius 1 is 1.43 bits per heavy atom. The Kier molecular flexibility index (Phi) is 3.15. The number of nitriles is 1. The number of benzene rings is 1. The van der Waals surface area contributed by atoms with Gasteiger partial charge in [-0.05, 0) is 13.0 Å². The molecule has 0 bridgehead atoms. The zero-order valence-electron chi connectivity index (χ0n) is 7.54. The van der Waals surface area contributed by atoms with Gasteiger partial charge in [0.2, 0.25) is 0 Å². The van der Waals surface area contributed by atoms with Crippen molar-refractivity contribution in [3.8, 4) is 6.07 Å². The molecule has 0 amide bonds. The fourth-order valence-corrected chi connectivity index (χ4v) is 1.19. The maximum absolute atomic E-state index is 13.1. The lowest BCUT2D eigenvalue weighted by Gasteiger charge is -2.12. The van der Waals surface area contributed by atoms with Crippen LogP contribution in [0.3, 0.4) is 0 Å². The lowest BCUT2D eigenvalue weighted by Crippen LogP contribution is -2.14. The Morgan fingerprint density at radius 3 is 2.50 bits per heavy atom. The van der Waals surface area contributed by atoms with Crippen LogP contribution >= 0.6 is 0 Å². The molecule has 0 aromatic heterocycles. The van der Waals surface area contributed by atoms with Gasteiger partial charge in [0.15, 0.2) is 0 Å². The van der Waals surface area contributed by atoms with Crippen LogP contribution in [0.4, 0.5) is 8.78 Å². The van der Waals surface area contributed by atoms with E-state index in [2.05, 4.69) is 0 Å². The van der Waals surface area contributed by atoms with Crippen LogP contribution in [-0.2, 0) is 0 Å². The summed E-state index contributed by atoms with van der Waals surface area (Å²) in [5, 5.41) is 17.8. The van der Waals surface area contributed by atoms with E-state index in [1.165, 1.54) is 13.0 Å². The van der Waals surface area contributed by atoms with Crippen LogP contribution in [0.25, 0.3) is 0 Å². The SMILES string of the molecule is CC(O)C(C#N)c1ccc(F)cc1F. The Bertz CT molecular complexity index is 371. The summed E-state index contributed by atoms with van der Waals surface area (Å²) in [5.74, 6) is -2.47. The third kappa shape index (κ3) is 2.06. The van der Waals surface area contributed by atoms with Crippen LogP contribution in [0.5, 0.6) is 0 Å². The molecule has 0 spiro atoms. The standard InChI is InChI=1S/C10H9F2NO/c1-6(14)9(5-13)8-3-2-7(11)4-10(8)12/h2-4,6,9,14H,1H3. The molecule has 0 aliphatic rings. The molecule has 0 saturated heterocycles. The lowest BCUT2D eigenvalue weighted by atomic mass is 9.95. The molecule has 1 aromatic rings. The number of hydrogen-bond donors (Lipinski definition) is 1. The largest absolute Gasteiger partial charge is 0.392 e. The highest BCUT2D eigenvalue weighted by Gasteiger charge is 2.20. The van der Waals surface area contributed by atoms with Crippen molar-refractivity contribution in [2.24, 2.45) is 0 Å². The smallest absolute Gasteiger partial charge is 0.130 e. The van der Waals surface area contributed by atoms with Crippen LogP contribution in [0.1, 0.15) is 18.4 Å². The Morgan fingerprint density at radius 2 is 2.07 bits per heavy atom. The Balaban J connectivity index is 3.13. The van der Waals surface area contributed by atoms with Crippen molar-refractivity contribution in [3.63, 3.8) is 0 Å². The third-order valence-corrected chi connectivity index (χ3v) is 1.92. The maximum atomic E-state index is 13.1. The average Bonchev–Trinajstić information content (AvgIpc) is 2.09. The molecule has 1 N–H and O–H groups in total. The summed E-state index contributed by atoms with van der Waals surface area (Å²) in [6.07, 6.45) is -0.986. The highest BCUT2D eigenvalue weighted by atomic mass is 19.1. The summed E-state index contributed by atoms with van der Waals surface area (Å²) >= 11 is 0. The maximum Gasteiger partial charge on any atom is 0.130 e. The molecule has 2 atom stereocenters. The molecule has 2 nitrogen and oxygen atoms in total. The van der Waals surface area contributed by atoms with Gasteiger partial charge in [-0.3, -0.25) is 0 Å². The van der Waals surface area contributed by atoms with E-state index in [4.69, 9.17) is 5.26 Å². The Labute approximate surface area is 80.4 Å². The molecular weight excluding hydrogens is 188 g/mol. The van der Waals surface area contributed by atoms with Gasteiger partial charge in [-0.15, -0.1) is 0 Å². The number of aliphatic hydroxyl groups is 1. The van der Waals surface area contributed by atoms with Crippen LogP contribution in [0.15, 0.2) is 18.2 Å². The summed E-state index contributed by atoms with van der Waals surface area (Å²) in [6, 6.07) is 4.69. The van der Waals surface area contributed by atoms with E-state index in [0.29, 0.717) is 6.07 Å². The molecule has 0 fully saturated rings. The Hall–Kier alpha value is -1.47. The van der Waals surface area contributed by atoms with Crippen molar-refractivity contribution in [2.75, 3.05) is 0 Å². The minimum Gasteiger partial charge on any atom is -0.392 e. The minimum absolute atomic E-state index is 0.0175. The molecule has 74 valence electrons. The molecule has 2 unspecified atom stereocenters. The zero-order valence-corrected chi connectivity index (χ0v) is 7.54. The lowest BCUT2D eigenvalue weighted by molar-refractivity contribution is 0.180. The van der Waals surface area contributed by atoms with Crippen molar-refractivity contribution in [1.29, 1.82) is 5.26 Å². The van der Waals surface area contributed by atoms with Crippen molar-refractivity contribution >= 4 is 0 Å². The van der Waals surface area contributed by atoms with Crippen molar-refractivity contribution < 1.29 is 13.9 Å². The summed E-state index contributed by atoms with van der Waals surface area (Å²) in [6.45, 7) is 1.39. The monoisotopic (exact) mass is 197 g/mol. The van der Waals surface area contributed by atoms with Crippen LogP contribution in [0, 0.1) is 23.0 Å². The van der Waals surface area contributed by atoms with Gasteiger partial charge in [-0.25, -0.2) is 8.78 Å². The third-order valence-electron chi connectivity index (χ3n) is 1.92. The first kappa shape index (κ1) is 10.6. The van der Waals surface area contributed by atoms with Gasteiger partial charge >= 0.3 is 0 Å². The quantitative estimate of drug-likeness (QED) is 0.787. The van der Waals surface area contributed by atoms with Gasteiger partial charge in [-0.1, -0.05) is 6.07 Å². The van der Waals surface area contributed by atoms with Gasteiger partial charge in [0, 0.05) is 11.6 Å². The second kappa shape index (κ2) is 4.16. The van der Waals surface area contributed by atoms with Crippen LogP contribution < -0.4 is 0 Å². The second-order valence-electron chi connectivity index (χ2n) is 3.01. The molecule has 1 rings (SSSR count). The van der Waals surface area contributed by atoms with E-state index in [-0.39, 0.29) is 5.56 Å². The molecule has 0 radical (unpaired) electrons. The molecule has 1 aromatic carbocycles. The van der Waals surface area contributed by atoms with E-state index >= 15 is 0 Å². The molecule has 0 saturated carbocycles. The zero-order chi connectivity index (χ0) is 10.7. The number of halogens is 2. The number of hydrogen-bond acceptors (Lipinski definition) is 2. The highest BCUT2D eigenvalue weighted by Crippen LogP contribution is 2.22. The fourth-order valence-electron chi connectivity index (χ4n) is 1.19. The van der Waals surface area contributed by atoms with E-state index in [9.17, 15) is 13.9 Å². The molecule has 0 aliphatic heterocycles. The van der Waals surface area contributed by atoms with Gasteiger partial charge in [-0.2, -0.15) is 5.26 Å². The van der Waals surface area contributed by atoms with E-state index < -0.39 is 23.7 Å². The van der Waals surface area contributed by atoms with E-state index in [0.717, 1.165) is 6.07 Å². The first-order valence-corrected chi connectivity index (χ1v) is 4.09. The molecule has 0 aliphatic carbocycles. The number of rotatable bonds is 2. The number of nitrogens with zero attached hydrogens (tertiary/aromatic N) is 1. The van der Waals surface area contributed by atoms with Crippen LogP contribution in [0.2, 0.25) is 0 Å². The van der Waals surface area contributed by atoms with Gasteiger partial charge in [0.25, 0.3) is 0 Å². The molecular formula is C10H9F2NO. The van der Waals surface area contributed by atoms with E-state index in [1.54, 1.807) is 6.07 Å². The average molecular weight is 197 g/mol. The van der Waals surface area contributed by atoms with Gasteiger partial charge in [0.05, 0.1) is 18.1 Å². The van der Waals surface area contributed by atoms with Crippen molar-refractivity contribution in [1.82, 2.24) is 0 Å². The second-order valence-corrected chi connectivity index (χ2v) is 3.01. The summed E-state index contributed by atoms with van der Waals surface area (Å²) < 4.78 is 25.7. The number of aliphatic hydroxyl groups excluding tert-OH is 1. The first-order valence-electron chi connectivity index (χ1n) is 4.09. The predicted molar refractivity (Wildman–Crippen MR) is 46.4 cm³/mol. The summed E-state index contributed by atoms with van der Waals surface area (Å²) in [5.41, 5.74) is 0.0175. The minimum atomic E-state index is -0.986. The molecule has 4 heteroatoms. The van der Waals surface area contributed by atoms with E-state index in [1.807, 2.05) is 0 Å². The molecule has 0 heterocycles. The summed E-state index contributed by atoms with van der Waals surface area (Å²) in [4.78, 5) is 0. The van der Waals surface area contributed by atoms with Crippen molar-refractivity contribution in [3.05, 3.63) is 35.4 Å². The normalized spacial score (nSPS) is 14.5. The fraction of sp³-hybridized carbons (Fsp3) is 0.300. The highest BCUT2D eigenvalue weighted by molar-refractivity contribution is 5.28. The van der Waals surface area contributed by atoms with Gasteiger partial charge < -0.3 is 5.11 Å². The van der Waals surface area contributed by atoms with Crippen molar-refractivity contribution in [2.45, 2.75) is 18.9 Å². The van der Waals surface area contributed by atoms with Gasteiger partial charge in [0.1, 0.15) is 11.6 Å². The molecule has 14 heavy (non-hydrogen) atoms. The predicted octanol–water partition coefficient (Wildman–Crippen LogP) is 1.95.